The van der Waals surface area contributed by atoms with Crippen molar-refractivity contribution in [2.45, 2.75) is 6.54 Å². The van der Waals surface area contributed by atoms with Crippen LogP contribution in [0.25, 0.3) is 10.9 Å². The zero-order chi connectivity index (χ0) is 13.9. The second-order valence-corrected chi connectivity index (χ2v) is 4.94. The van der Waals surface area contributed by atoms with E-state index in [9.17, 15) is 4.48 Å². The highest BCUT2D eigenvalue weighted by Gasteiger charge is 2.08. The van der Waals surface area contributed by atoms with E-state index in [1.807, 2.05) is 48.5 Å². The summed E-state index contributed by atoms with van der Waals surface area (Å²) < 4.78 is 13.7. The molecule has 20 heavy (non-hydrogen) atoms. The Labute approximate surface area is 121 Å². The smallest absolute Gasteiger partial charge is 0.106 e. The molecular formula is C16H13FN2S. The van der Waals surface area contributed by atoms with Crippen LogP contribution in [0.3, 0.4) is 0 Å². The van der Waals surface area contributed by atoms with Gasteiger partial charge in [0.05, 0.1) is 5.52 Å². The van der Waals surface area contributed by atoms with Gasteiger partial charge in [-0.2, -0.15) is 4.79 Å². The van der Waals surface area contributed by atoms with Gasteiger partial charge in [-0.25, -0.2) is 0 Å². The van der Waals surface area contributed by atoms with Crippen molar-refractivity contribution in [2.24, 2.45) is 0 Å². The van der Waals surface area contributed by atoms with Crippen molar-refractivity contribution >= 4 is 28.1 Å². The normalized spacial score (nSPS) is 10.7. The Morgan fingerprint density at radius 3 is 2.55 bits per heavy atom. The Balaban J connectivity index is 1.79. The minimum atomic E-state index is 0.505. The number of hydrogen-bond donors (Lipinski definition) is 1. The molecule has 3 aromatic rings. The van der Waals surface area contributed by atoms with Crippen LogP contribution in [0.15, 0.2) is 60.8 Å². The average Bonchev–Trinajstić information content (AvgIpc) is 2.83. The Bertz CT molecular complexity index is 750. The summed E-state index contributed by atoms with van der Waals surface area (Å²) in [6.07, 6.45) is 1.49. The van der Waals surface area contributed by atoms with Gasteiger partial charge in [0.1, 0.15) is 4.99 Å². The second kappa shape index (κ2) is 5.43. The van der Waals surface area contributed by atoms with E-state index in [0.717, 1.165) is 16.5 Å². The number of aromatic nitrogens is 1. The van der Waals surface area contributed by atoms with Crippen molar-refractivity contribution < 1.29 is 4.48 Å². The average molecular weight is 284 g/mol. The molecule has 0 saturated heterocycles. The predicted molar refractivity (Wildman–Crippen MR) is 83.4 cm³/mol. The Morgan fingerprint density at radius 2 is 1.75 bits per heavy atom. The molecular weight excluding hydrogens is 271 g/mol. The van der Waals surface area contributed by atoms with E-state index in [1.54, 1.807) is 6.07 Å². The number of para-hydroxylation sites is 1. The minimum absolute atomic E-state index is 0.505. The highest BCUT2D eigenvalue weighted by molar-refractivity contribution is 7.80. The summed E-state index contributed by atoms with van der Waals surface area (Å²) in [5.41, 5.74) is 2.43. The molecule has 0 saturated carbocycles. The molecule has 0 aliphatic carbocycles. The largest absolute Gasteiger partial charge is 0.372 e. The van der Waals surface area contributed by atoms with Crippen molar-refractivity contribution in [3.8, 4) is 0 Å². The van der Waals surface area contributed by atoms with Crippen molar-refractivity contribution in [3.05, 3.63) is 71.9 Å². The van der Waals surface area contributed by atoms with Crippen LogP contribution in [-0.2, 0) is 6.54 Å². The summed E-state index contributed by atoms with van der Waals surface area (Å²) in [6.45, 7) is 0.505. The number of hydrogen-bond acceptors (Lipinski definition) is 1. The fourth-order valence-electron chi connectivity index (χ4n) is 2.22. The number of benzene rings is 2. The van der Waals surface area contributed by atoms with Gasteiger partial charge in [0.15, 0.2) is 0 Å². The third-order valence-electron chi connectivity index (χ3n) is 3.22. The molecule has 0 bridgehead atoms. The molecule has 100 valence electrons. The summed E-state index contributed by atoms with van der Waals surface area (Å²) in [7, 11) is 0. The fourth-order valence-corrected chi connectivity index (χ4v) is 2.42. The van der Waals surface area contributed by atoms with E-state index in [1.165, 1.54) is 6.20 Å². The molecule has 0 aliphatic heterocycles. The van der Waals surface area contributed by atoms with Crippen LogP contribution >= 0.6 is 12.2 Å². The zero-order valence-corrected chi connectivity index (χ0v) is 11.5. The lowest BCUT2D eigenvalue weighted by Crippen LogP contribution is -2.21. The van der Waals surface area contributed by atoms with Gasteiger partial charge < -0.3 is 5.32 Å². The van der Waals surface area contributed by atoms with Crippen LogP contribution in [-0.4, -0.2) is 9.78 Å². The first kappa shape index (κ1) is 12.8. The summed E-state index contributed by atoms with van der Waals surface area (Å²) in [5, 5.41) is 4.07. The van der Waals surface area contributed by atoms with Crippen molar-refractivity contribution in [1.29, 1.82) is 0 Å². The molecule has 0 fully saturated rings. The lowest BCUT2D eigenvalue weighted by molar-refractivity contribution is 0.387. The first-order valence-electron chi connectivity index (χ1n) is 6.34. The molecule has 0 atom stereocenters. The minimum Gasteiger partial charge on any atom is -0.372 e. The fraction of sp³-hybridized carbons (Fsp3) is 0.0625. The Morgan fingerprint density at radius 1 is 1.05 bits per heavy atom. The van der Waals surface area contributed by atoms with Gasteiger partial charge in [0.25, 0.3) is 0 Å². The zero-order valence-electron chi connectivity index (χ0n) is 10.7. The van der Waals surface area contributed by atoms with Crippen LogP contribution in [0.5, 0.6) is 0 Å². The van der Waals surface area contributed by atoms with Crippen LogP contribution in [0, 0.1) is 0 Å². The topological polar surface area (TPSA) is 17.0 Å². The quantitative estimate of drug-likeness (QED) is 0.736. The van der Waals surface area contributed by atoms with Crippen molar-refractivity contribution in [1.82, 2.24) is 10.1 Å². The van der Waals surface area contributed by atoms with Gasteiger partial charge in [-0.15, -0.1) is 0 Å². The molecule has 0 amide bonds. The van der Waals surface area contributed by atoms with E-state index in [2.05, 4.69) is 5.32 Å². The SMILES string of the molecule is Fn1cc(CNC(=S)c2ccccc2)c2ccccc21. The highest BCUT2D eigenvalue weighted by atomic mass is 32.1. The molecule has 0 radical (unpaired) electrons. The second-order valence-electron chi connectivity index (χ2n) is 4.53. The molecule has 1 heterocycles. The monoisotopic (exact) mass is 284 g/mol. The van der Waals surface area contributed by atoms with Gasteiger partial charge >= 0.3 is 0 Å². The third kappa shape index (κ3) is 2.42. The predicted octanol–water partition coefficient (Wildman–Crippen LogP) is 3.84. The molecule has 4 heteroatoms. The first-order chi connectivity index (χ1) is 9.75. The van der Waals surface area contributed by atoms with E-state index >= 15 is 0 Å². The summed E-state index contributed by atoms with van der Waals surface area (Å²) in [5.74, 6) is 0. The van der Waals surface area contributed by atoms with Gasteiger partial charge in [-0.05, 0) is 11.6 Å². The molecule has 0 aliphatic rings. The molecule has 0 spiro atoms. The number of fused-ring (bicyclic) bond motifs is 1. The summed E-state index contributed by atoms with van der Waals surface area (Å²) >= 11 is 5.34. The van der Waals surface area contributed by atoms with E-state index in [-0.39, 0.29) is 0 Å². The van der Waals surface area contributed by atoms with Crippen molar-refractivity contribution in [2.75, 3.05) is 0 Å². The number of nitrogens with one attached hydrogen (secondary N) is 1. The number of nitrogens with zero attached hydrogens (tertiary/aromatic N) is 1. The summed E-state index contributed by atoms with van der Waals surface area (Å²) in [4.78, 5) is 1.32. The number of rotatable bonds is 3. The third-order valence-corrected chi connectivity index (χ3v) is 3.60. The molecule has 2 nitrogen and oxygen atoms in total. The standard InChI is InChI=1S/C16H13FN2S/c17-19-11-13(14-8-4-5-9-15(14)19)10-18-16(20)12-6-2-1-3-7-12/h1-9,11H,10H2,(H,18,20). The molecule has 0 unspecified atom stereocenters. The Kier molecular flexibility index (Phi) is 3.48. The maximum absolute atomic E-state index is 13.7. The van der Waals surface area contributed by atoms with E-state index in [0.29, 0.717) is 21.8 Å². The van der Waals surface area contributed by atoms with Gasteiger partial charge in [-0.1, -0.05) is 65.2 Å². The first-order valence-corrected chi connectivity index (χ1v) is 6.75. The lowest BCUT2D eigenvalue weighted by atomic mass is 10.1. The van der Waals surface area contributed by atoms with Gasteiger partial charge in [0, 0.05) is 23.7 Å². The maximum atomic E-state index is 13.7. The lowest BCUT2D eigenvalue weighted by Gasteiger charge is -2.07. The molecule has 1 N–H and O–H groups in total. The van der Waals surface area contributed by atoms with Crippen LogP contribution in [0.2, 0.25) is 0 Å². The summed E-state index contributed by atoms with van der Waals surface area (Å²) in [6, 6.07) is 17.1. The Hall–Kier alpha value is -2.20. The maximum Gasteiger partial charge on any atom is 0.106 e. The molecule has 3 rings (SSSR count). The number of thiocarbonyl (C=S) groups is 1. The molecule has 2 aromatic carbocycles. The van der Waals surface area contributed by atoms with Crippen molar-refractivity contribution in [3.63, 3.8) is 0 Å². The van der Waals surface area contributed by atoms with E-state index < -0.39 is 0 Å². The van der Waals surface area contributed by atoms with Crippen LogP contribution < -0.4 is 5.32 Å². The van der Waals surface area contributed by atoms with Crippen LogP contribution in [0.1, 0.15) is 11.1 Å². The highest BCUT2D eigenvalue weighted by Crippen LogP contribution is 2.21. The van der Waals surface area contributed by atoms with Gasteiger partial charge in [-0.3, -0.25) is 0 Å². The van der Waals surface area contributed by atoms with E-state index in [4.69, 9.17) is 12.2 Å². The van der Waals surface area contributed by atoms with Crippen LogP contribution in [0.4, 0.5) is 4.48 Å². The number of halogens is 1. The molecule has 1 aromatic heterocycles. The van der Waals surface area contributed by atoms with Gasteiger partial charge in [0.2, 0.25) is 0 Å².